The molecule has 0 spiro atoms. The molecule has 1 aromatic rings. The second kappa shape index (κ2) is 5.70. The van der Waals surface area contributed by atoms with Crippen LogP contribution >= 0.6 is 0 Å². The van der Waals surface area contributed by atoms with Gasteiger partial charge in [-0.1, -0.05) is 19.4 Å². The molecule has 2 nitrogen and oxygen atoms in total. The minimum Gasteiger partial charge on any atom is -0.301 e. The molecule has 0 saturated heterocycles. The topological polar surface area (TPSA) is 16.1 Å². The molecule has 0 atom stereocenters. The summed E-state index contributed by atoms with van der Waals surface area (Å²) in [5.41, 5.74) is 1.15. The lowest BCUT2D eigenvalue weighted by atomic mass is 10.3. The van der Waals surface area contributed by atoms with Crippen LogP contribution in [0.4, 0.5) is 0 Å². The van der Waals surface area contributed by atoms with Crippen molar-refractivity contribution < 1.29 is 0 Å². The van der Waals surface area contributed by atoms with E-state index in [4.69, 9.17) is 0 Å². The van der Waals surface area contributed by atoms with Crippen LogP contribution in [0.25, 0.3) is 0 Å². The standard InChI is InChI=1S/C11H18N2/c1-3-4-9-13(2)10-11-7-5-6-8-12-11/h5-8H,3-4,9-10H2,1-2H3. The van der Waals surface area contributed by atoms with Gasteiger partial charge in [-0.15, -0.1) is 0 Å². The van der Waals surface area contributed by atoms with Crippen molar-refractivity contribution in [1.82, 2.24) is 9.88 Å². The van der Waals surface area contributed by atoms with E-state index in [1.807, 2.05) is 18.3 Å². The maximum absolute atomic E-state index is 4.29. The zero-order valence-corrected chi connectivity index (χ0v) is 8.53. The predicted octanol–water partition coefficient (Wildman–Crippen LogP) is 2.31. The molecule has 0 amide bonds. The molecule has 2 heteroatoms. The predicted molar refractivity (Wildman–Crippen MR) is 55.5 cm³/mol. The van der Waals surface area contributed by atoms with Crippen molar-refractivity contribution in [3.8, 4) is 0 Å². The Kier molecular flexibility index (Phi) is 4.47. The number of pyridine rings is 1. The summed E-state index contributed by atoms with van der Waals surface area (Å²) < 4.78 is 0. The third-order valence-electron chi connectivity index (χ3n) is 2.05. The van der Waals surface area contributed by atoms with E-state index in [9.17, 15) is 0 Å². The smallest absolute Gasteiger partial charge is 0.0543 e. The second-order valence-electron chi connectivity index (χ2n) is 3.41. The molecule has 0 aliphatic carbocycles. The summed E-state index contributed by atoms with van der Waals surface area (Å²) in [6.45, 7) is 4.34. The van der Waals surface area contributed by atoms with Gasteiger partial charge in [-0.25, -0.2) is 0 Å². The molecule has 0 radical (unpaired) electrons. The van der Waals surface area contributed by atoms with Crippen LogP contribution in [0.3, 0.4) is 0 Å². The lowest BCUT2D eigenvalue weighted by Gasteiger charge is -2.14. The minimum atomic E-state index is 0.959. The Morgan fingerprint density at radius 1 is 1.38 bits per heavy atom. The van der Waals surface area contributed by atoms with Crippen molar-refractivity contribution in [2.45, 2.75) is 26.3 Å². The molecular weight excluding hydrogens is 160 g/mol. The number of hydrogen-bond donors (Lipinski definition) is 0. The van der Waals surface area contributed by atoms with Crippen LogP contribution in [0.1, 0.15) is 25.5 Å². The highest BCUT2D eigenvalue weighted by Gasteiger charge is 1.98. The first-order chi connectivity index (χ1) is 6.33. The number of unbranched alkanes of at least 4 members (excludes halogenated alkanes) is 1. The molecule has 0 saturated carbocycles. The maximum atomic E-state index is 4.29. The summed E-state index contributed by atoms with van der Waals surface area (Å²) in [6.07, 6.45) is 4.37. The van der Waals surface area contributed by atoms with E-state index in [0.29, 0.717) is 0 Å². The Hall–Kier alpha value is -0.890. The van der Waals surface area contributed by atoms with Gasteiger partial charge in [-0.2, -0.15) is 0 Å². The zero-order valence-electron chi connectivity index (χ0n) is 8.53. The van der Waals surface area contributed by atoms with E-state index < -0.39 is 0 Å². The summed E-state index contributed by atoms with van der Waals surface area (Å²) in [5, 5.41) is 0. The van der Waals surface area contributed by atoms with Crippen molar-refractivity contribution in [3.05, 3.63) is 30.1 Å². The second-order valence-corrected chi connectivity index (χ2v) is 3.41. The lowest BCUT2D eigenvalue weighted by molar-refractivity contribution is 0.317. The first-order valence-electron chi connectivity index (χ1n) is 4.91. The first-order valence-corrected chi connectivity index (χ1v) is 4.91. The van der Waals surface area contributed by atoms with E-state index >= 15 is 0 Å². The molecule has 0 aromatic carbocycles. The van der Waals surface area contributed by atoms with Gasteiger partial charge in [0.05, 0.1) is 5.69 Å². The Balaban J connectivity index is 2.32. The normalized spacial score (nSPS) is 10.7. The zero-order chi connectivity index (χ0) is 9.52. The Labute approximate surface area is 80.6 Å². The molecule has 0 unspecified atom stereocenters. The van der Waals surface area contributed by atoms with Crippen molar-refractivity contribution in [2.75, 3.05) is 13.6 Å². The van der Waals surface area contributed by atoms with E-state index in [1.54, 1.807) is 0 Å². The lowest BCUT2D eigenvalue weighted by Crippen LogP contribution is -2.19. The van der Waals surface area contributed by atoms with Crippen LogP contribution in [-0.2, 0) is 6.54 Å². The fraction of sp³-hybridized carbons (Fsp3) is 0.545. The van der Waals surface area contributed by atoms with Gasteiger partial charge < -0.3 is 4.90 Å². The van der Waals surface area contributed by atoms with Gasteiger partial charge in [0, 0.05) is 12.7 Å². The highest BCUT2D eigenvalue weighted by Crippen LogP contribution is 1.99. The van der Waals surface area contributed by atoms with E-state index in [1.165, 1.54) is 12.8 Å². The van der Waals surface area contributed by atoms with Gasteiger partial charge in [0.25, 0.3) is 0 Å². The first kappa shape index (κ1) is 10.2. The number of aromatic nitrogens is 1. The summed E-state index contributed by atoms with van der Waals surface area (Å²) in [5.74, 6) is 0. The fourth-order valence-corrected chi connectivity index (χ4v) is 1.28. The monoisotopic (exact) mass is 178 g/mol. The molecular formula is C11H18N2. The minimum absolute atomic E-state index is 0.959. The van der Waals surface area contributed by atoms with Crippen LogP contribution in [0, 0.1) is 0 Å². The highest BCUT2D eigenvalue weighted by atomic mass is 15.1. The number of hydrogen-bond acceptors (Lipinski definition) is 2. The molecule has 0 N–H and O–H groups in total. The van der Waals surface area contributed by atoms with Crippen LogP contribution in [0.15, 0.2) is 24.4 Å². The molecule has 72 valence electrons. The van der Waals surface area contributed by atoms with Gasteiger partial charge in [0.2, 0.25) is 0 Å². The Morgan fingerprint density at radius 3 is 2.85 bits per heavy atom. The molecule has 1 aromatic heterocycles. The third-order valence-corrected chi connectivity index (χ3v) is 2.05. The quantitative estimate of drug-likeness (QED) is 0.688. The van der Waals surface area contributed by atoms with E-state index in [2.05, 4.69) is 29.9 Å². The average Bonchev–Trinajstić information content (AvgIpc) is 2.16. The SMILES string of the molecule is CCCCN(C)Cc1ccccn1. The molecule has 0 aliphatic rings. The maximum Gasteiger partial charge on any atom is 0.0543 e. The van der Waals surface area contributed by atoms with Gasteiger partial charge in [-0.3, -0.25) is 4.98 Å². The van der Waals surface area contributed by atoms with Crippen molar-refractivity contribution in [1.29, 1.82) is 0 Å². The van der Waals surface area contributed by atoms with Crippen LogP contribution < -0.4 is 0 Å². The fourth-order valence-electron chi connectivity index (χ4n) is 1.28. The van der Waals surface area contributed by atoms with Crippen molar-refractivity contribution in [3.63, 3.8) is 0 Å². The molecule has 1 heterocycles. The van der Waals surface area contributed by atoms with Crippen LogP contribution in [0.5, 0.6) is 0 Å². The Bertz CT molecular complexity index is 221. The summed E-state index contributed by atoms with van der Waals surface area (Å²) in [6, 6.07) is 6.06. The largest absolute Gasteiger partial charge is 0.301 e. The van der Waals surface area contributed by atoms with Crippen LogP contribution in [-0.4, -0.2) is 23.5 Å². The highest BCUT2D eigenvalue weighted by molar-refractivity contribution is 5.02. The van der Waals surface area contributed by atoms with Gasteiger partial charge in [-0.05, 0) is 32.1 Å². The number of nitrogens with zero attached hydrogens (tertiary/aromatic N) is 2. The van der Waals surface area contributed by atoms with Crippen molar-refractivity contribution >= 4 is 0 Å². The van der Waals surface area contributed by atoms with Gasteiger partial charge in [0.15, 0.2) is 0 Å². The molecule has 13 heavy (non-hydrogen) atoms. The van der Waals surface area contributed by atoms with E-state index in [-0.39, 0.29) is 0 Å². The van der Waals surface area contributed by atoms with Gasteiger partial charge >= 0.3 is 0 Å². The Morgan fingerprint density at radius 2 is 2.23 bits per heavy atom. The van der Waals surface area contributed by atoms with E-state index in [0.717, 1.165) is 18.8 Å². The summed E-state index contributed by atoms with van der Waals surface area (Å²) >= 11 is 0. The van der Waals surface area contributed by atoms with Gasteiger partial charge in [0.1, 0.15) is 0 Å². The summed E-state index contributed by atoms with van der Waals surface area (Å²) in [7, 11) is 2.14. The third kappa shape index (κ3) is 4.04. The number of rotatable bonds is 5. The molecule has 0 bridgehead atoms. The molecule has 1 rings (SSSR count). The summed E-state index contributed by atoms with van der Waals surface area (Å²) in [4.78, 5) is 6.60. The molecule has 0 aliphatic heterocycles. The molecule has 0 fully saturated rings. The average molecular weight is 178 g/mol. The van der Waals surface area contributed by atoms with Crippen LogP contribution in [0.2, 0.25) is 0 Å². The van der Waals surface area contributed by atoms with Crippen molar-refractivity contribution in [2.24, 2.45) is 0 Å².